The molecule has 4 rings (SSSR count). The highest BCUT2D eigenvalue weighted by atomic mass is 16.5. The van der Waals surface area contributed by atoms with Crippen molar-refractivity contribution in [2.75, 3.05) is 18.6 Å². The Balaban J connectivity index is 1.82. The van der Waals surface area contributed by atoms with Crippen LogP contribution >= 0.6 is 0 Å². The number of esters is 1. The fraction of sp³-hybridized carbons (Fsp3) is 0.200. The standard InChI is InChI=1S/C20H20N8O2/c1-4-30-17(29)16-14(2)28(25-24-16)20-22-18(26(3)15-10-6-5-7-11-15)21-19(23-20)27-12-8-9-13-27/h5-13H,4H2,1-3H3. The van der Waals surface area contributed by atoms with Crippen molar-refractivity contribution in [2.45, 2.75) is 13.8 Å². The van der Waals surface area contributed by atoms with Crippen LogP contribution in [-0.4, -0.2) is 54.1 Å². The minimum absolute atomic E-state index is 0.123. The lowest BCUT2D eigenvalue weighted by Crippen LogP contribution is -2.18. The summed E-state index contributed by atoms with van der Waals surface area (Å²) in [6.45, 7) is 3.70. The van der Waals surface area contributed by atoms with Gasteiger partial charge in [-0.25, -0.2) is 4.79 Å². The van der Waals surface area contributed by atoms with E-state index in [0.29, 0.717) is 17.6 Å². The van der Waals surface area contributed by atoms with Gasteiger partial charge in [0.2, 0.25) is 11.9 Å². The number of ether oxygens (including phenoxy) is 1. The molecule has 0 radical (unpaired) electrons. The summed E-state index contributed by atoms with van der Waals surface area (Å²) in [6, 6.07) is 13.5. The normalized spacial score (nSPS) is 10.8. The fourth-order valence-electron chi connectivity index (χ4n) is 2.85. The molecule has 0 saturated heterocycles. The molecule has 10 nitrogen and oxygen atoms in total. The summed E-state index contributed by atoms with van der Waals surface area (Å²) in [5.74, 6) is 0.535. The molecule has 0 bridgehead atoms. The molecule has 0 spiro atoms. The Morgan fingerprint density at radius 2 is 1.73 bits per heavy atom. The van der Waals surface area contributed by atoms with Crippen molar-refractivity contribution in [1.29, 1.82) is 0 Å². The molecular formula is C20H20N8O2. The number of hydrogen-bond donors (Lipinski definition) is 0. The molecule has 0 saturated carbocycles. The third kappa shape index (κ3) is 3.62. The number of anilines is 2. The van der Waals surface area contributed by atoms with Gasteiger partial charge in [-0.2, -0.15) is 19.6 Å². The molecule has 0 unspecified atom stereocenters. The maximum Gasteiger partial charge on any atom is 0.360 e. The van der Waals surface area contributed by atoms with E-state index in [1.165, 1.54) is 4.68 Å². The predicted octanol–water partition coefficient (Wildman–Crippen LogP) is 2.50. The van der Waals surface area contributed by atoms with Crippen molar-refractivity contribution in [2.24, 2.45) is 0 Å². The Hall–Kier alpha value is -4.08. The molecule has 0 atom stereocenters. The first-order valence-corrected chi connectivity index (χ1v) is 9.36. The molecule has 30 heavy (non-hydrogen) atoms. The highest BCUT2D eigenvalue weighted by Gasteiger charge is 2.21. The Morgan fingerprint density at radius 1 is 1.03 bits per heavy atom. The summed E-state index contributed by atoms with van der Waals surface area (Å²) in [5, 5.41) is 8.02. The minimum atomic E-state index is -0.539. The molecule has 3 aromatic heterocycles. The largest absolute Gasteiger partial charge is 0.461 e. The molecular weight excluding hydrogens is 384 g/mol. The summed E-state index contributed by atoms with van der Waals surface area (Å²) in [4.78, 5) is 27.6. The molecule has 0 aliphatic carbocycles. The molecule has 0 amide bonds. The van der Waals surface area contributed by atoms with Crippen LogP contribution in [0.4, 0.5) is 11.6 Å². The van der Waals surface area contributed by atoms with E-state index in [9.17, 15) is 4.79 Å². The Labute approximate surface area is 172 Å². The van der Waals surface area contributed by atoms with Crippen molar-refractivity contribution < 1.29 is 9.53 Å². The highest BCUT2D eigenvalue weighted by molar-refractivity contribution is 5.88. The van der Waals surface area contributed by atoms with E-state index in [4.69, 9.17) is 4.74 Å². The maximum atomic E-state index is 12.1. The van der Waals surface area contributed by atoms with Crippen LogP contribution in [0.2, 0.25) is 0 Å². The van der Waals surface area contributed by atoms with Gasteiger partial charge >= 0.3 is 5.97 Å². The zero-order chi connectivity index (χ0) is 21.1. The van der Waals surface area contributed by atoms with Crippen LogP contribution in [0.15, 0.2) is 54.9 Å². The van der Waals surface area contributed by atoms with E-state index in [1.54, 1.807) is 18.4 Å². The zero-order valence-corrected chi connectivity index (χ0v) is 16.8. The molecule has 1 aromatic carbocycles. The molecule has 10 heteroatoms. The van der Waals surface area contributed by atoms with Crippen LogP contribution in [0.3, 0.4) is 0 Å². The third-order valence-electron chi connectivity index (χ3n) is 4.43. The van der Waals surface area contributed by atoms with Gasteiger partial charge in [0.15, 0.2) is 5.69 Å². The first-order valence-electron chi connectivity index (χ1n) is 9.36. The second-order valence-electron chi connectivity index (χ2n) is 6.38. The number of para-hydroxylation sites is 1. The number of hydrogen-bond acceptors (Lipinski definition) is 8. The minimum Gasteiger partial charge on any atom is -0.461 e. The molecule has 0 N–H and O–H groups in total. The number of rotatable bonds is 6. The maximum absolute atomic E-state index is 12.1. The van der Waals surface area contributed by atoms with E-state index in [-0.39, 0.29) is 18.2 Å². The van der Waals surface area contributed by atoms with Gasteiger partial charge in [0.05, 0.1) is 12.3 Å². The summed E-state index contributed by atoms with van der Waals surface area (Å²) < 4.78 is 8.22. The van der Waals surface area contributed by atoms with Crippen molar-refractivity contribution in [3.05, 3.63) is 66.2 Å². The summed E-state index contributed by atoms with van der Waals surface area (Å²) in [5.41, 5.74) is 1.51. The molecule has 0 aliphatic rings. The number of nitrogens with zero attached hydrogens (tertiary/aromatic N) is 8. The third-order valence-corrected chi connectivity index (χ3v) is 4.43. The van der Waals surface area contributed by atoms with Crippen molar-refractivity contribution >= 4 is 17.6 Å². The lowest BCUT2D eigenvalue weighted by Gasteiger charge is -2.18. The first kappa shape index (κ1) is 19.2. The van der Waals surface area contributed by atoms with Crippen LogP contribution < -0.4 is 4.90 Å². The van der Waals surface area contributed by atoms with Gasteiger partial charge in [-0.1, -0.05) is 23.4 Å². The average molecular weight is 404 g/mol. The number of benzene rings is 1. The number of carbonyl (C=O) groups excluding carboxylic acids is 1. The first-order chi connectivity index (χ1) is 14.6. The van der Waals surface area contributed by atoms with Crippen LogP contribution in [0.25, 0.3) is 11.9 Å². The van der Waals surface area contributed by atoms with Crippen LogP contribution in [0.5, 0.6) is 0 Å². The van der Waals surface area contributed by atoms with Gasteiger partial charge in [-0.3, -0.25) is 4.57 Å². The molecule has 0 fully saturated rings. The highest BCUT2D eigenvalue weighted by Crippen LogP contribution is 2.21. The molecule has 0 aliphatic heterocycles. The molecule has 152 valence electrons. The van der Waals surface area contributed by atoms with Gasteiger partial charge in [0.25, 0.3) is 5.95 Å². The van der Waals surface area contributed by atoms with Crippen LogP contribution in [-0.2, 0) is 4.74 Å². The lowest BCUT2D eigenvalue weighted by atomic mass is 10.3. The second kappa shape index (κ2) is 8.11. The van der Waals surface area contributed by atoms with Crippen molar-refractivity contribution in [3.8, 4) is 11.9 Å². The van der Waals surface area contributed by atoms with Gasteiger partial charge < -0.3 is 9.64 Å². The number of aromatic nitrogens is 7. The fourth-order valence-corrected chi connectivity index (χ4v) is 2.85. The van der Waals surface area contributed by atoms with E-state index < -0.39 is 5.97 Å². The predicted molar refractivity (Wildman–Crippen MR) is 109 cm³/mol. The molecule has 4 aromatic rings. The topological polar surface area (TPSA) is 104 Å². The van der Waals surface area contributed by atoms with Crippen LogP contribution in [0, 0.1) is 6.92 Å². The Kier molecular flexibility index (Phi) is 5.21. The van der Waals surface area contributed by atoms with Gasteiger partial charge in [0.1, 0.15) is 0 Å². The monoisotopic (exact) mass is 404 g/mol. The van der Waals surface area contributed by atoms with E-state index in [2.05, 4.69) is 25.3 Å². The summed E-state index contributed by atoms with van der Waals surface area (Å²) in [6.07, 6.45) is 3.67. The van der Waals surface area contributed by atoms with E-state index in [1.807, 2.05) is 66.8 Å². The van der Waals surface area contributed by atoms with E-state index >= 15 is 0 Å². The quantitative estimate of drug-likeness (QED) is 0.452. The zero-order valence-electron chi connectivity index (χ0n) is 16.8. The summed E-state index contributed by atoms with van der Waals surface area (Å²) in [7, 11) is 1.87. The van der Waals surface area contributed by atoms with Crippen LogP contribution in [0.1, 0.15) is 23.1 Å². The second-order valence-corrected chi connectivity index (χ2v) is 6.38. The van der Waals surface area contributed by atoms with Crippen molar-refractivity contribution in [3.63, 3.8) is 0 Å². The molecule has 3 heterocycles. The Morgan fingerprint density at radius 3 is 2.43 bits per heavy atom. The Bertz CT molecular complexity index is 1160. The van der Waals surface area contributed by atoms with E-state index in [0.717, 1.165) is 5.69 Å². The van der Waals surface area contributed by atoms with Gasteiger partial charge in [-0.15, -0.1) is 5.10 Å². The SMILES string of the molecule is CCOC(=O)c1nnn(-c2nc(N(C)c3ccccc3)nc(-n3cccc3)n2)c1C. The van der Waals surface area contributed by atoms with Crippen molar-refractivity contribution in [1.82, 2.24) is 34.5 Å². The van der Waals surface area contributed by atoms with Gasteiger partial charge in [0, 0.05) is 25.1 Å². The van der Waals surface area contributed by atoms with Gasteiger partial charge in [-0.05, 0) is 38.1 Å². The smallest absolute Gasteiger partial charge is 0.360 e. The number of carbonyl (C=O) groups is 1. The summed E-state index contributed by atoms with van der Waals surface area (Å²) >= 11 is 0. The average Bonchev–Trinajstić information content (AvgIpc) is 3.44. The lowest BCUT2D eigenvalue weighted by molar-refractivity contribution is 0.0518.